The van der Waals surface area contributed by atoms with Crippen molar-refractivity contribution in [3.8, 4) is 11.5 Å². The van der Waals surface area contributed by atoms with Crippen molar-refractivity contribution in [1.29, 1.82) is 0 Å². The summed E-state index contributed by atoms with van der Waals surface area (Å²) >= 11 is 0. The van der Waals surface area contributed by atoms with Crippen molar-refractivity contribution in [3.05, 3.63) is 59.7 Å². The van der Waals surface area contributed by atoms with Crippen LogP contribution in [-0.2, 0) is 0 Å². The second-order valence-electron chi connectivity index (χ2n) is 5.31. The van der Waals surface area contributed by atoms with Gasteiger partial charge in [-0.2, -0.15) is 0 Å². The molecule has 2 rings (SSSR count). The lowest BCUT2D eigenvalue weighted by molar-refractivity contribution is 0.469. The van der Waals surface area contributed by atoms with Crippen molar-refractivity contribution in [2.75, 3.05) is 0 Å². The fraction of sp³-hybridized carbons (Fsp3) is 0.294. The van der Waals surface area contributed by atoms with Gasteiger partial charge in [0.15, 0.2) is 0 Å². The maximum Gasteiger partial charge on any atom is 0.130 e. The summed E-state index contributed by atoms with van der Waals surface area (Å²) in [4.78, 5) is 0. The van der Waals surface area contributed by atoms with E-state index in [1.54, 1.807) is 0 Å². The third-order valence-electron chi connectivity index (χ3n) is 3.47. The Labute approximate surface area is 118 Å². The summed E-state index contributed by atoms with van der Waals surface area (Å²) in [7, 11) is 0. The van der Waals surface area contributed by atoms with Crippen LogP contribution in [0.5, 0.6) is 11.5 Å². The first-order valence-corrected chi connectivity index (χ1v) is 6.69. The molecule has 0 amide bonds. The first-order valence-electron chi connectivity index (χ1n) is 6.69. The van der Waals surface area contributed by atoms with E-state index in [0.717, 1.165) is 5.56 Å². The Bertz CT molecular complexity index is 576. The molecule has 0 aromatic heterocycles. The Morgan fingerprint density at radius 3 is 2.05 bits per heavy atom. The van der Waals surface area contributed by atoms with Gasteiger partial charge in [0.05, 0.1) is 0 Å². The van der Waals surface area contributed by atoms with Gasteiger partial charge in [0.25, 0.3) is 0 Å². The fourth-order valence-corrected chi connectivity index (χ4v) is 1.93. The van der Waals surface area contributed by atoms with Gasteiger partial charge in [0, 0.05) is 6.07 Å². The van der Waals surface area contributed by atoms with Crippen LogP contribution in [0.15, 0.2) is 42.5 Å². The second-order valence-corrected chi connectivity index (χ2v) is 5.31. The topological polar surface area (TPSA) is 9.23 Å². The van der Waals surface area contributed by atoms with E-state index in [4.69, 9.17) is 4.74 Å². The summed E-state index contributed by atoms with van der Waals surface area (Å²) in [6, 6.07) is 10.4. The lowest BCUT2D eigenvalue weighted by Gasteiger charge is -2.17. The number of rotatable bonds is 4. The molecule has 106 valence electrons. The Balaban J connectivity index is 2.26. The van der Waals surface area contributed by atoms with E-state index in [1.165, 1.54) is 36.4 Å². The zero-order valence-electron chi connectivity index (χ0n) is 11.9. The number of benzene rings is 2. The molecule has 1 atom stereocenters. The molecular formula is C17H18F2O. The van der Waals surface area contributed by atoms with Crippen molar-refractivity contribution in [2.45, 2.75) is 26.7 Å². The third-order valence-corrected chi connectivity index (χ3v) is 3.47. The highest BCUT2D eigenvalue weighted by Crippen LogP contribution is 2.30. The molecule has 0 N–H and O–H groups in total. The number of hydrogen-bond donors (Lipinski definition) is 0. The van der Waals surface area contributed by atoms with Gasteiger partial charge in [-0.15, -0.1) is 0 Å². The summed E-state index contributed by atoms with van der Waals surface area (Å²) in [5.74, 6) is 0.911. The van der Waals surface area contributed by atoms with E-state index >= 15 is 0 Å². The van der Waals surface area contributed by atoms with Crippen LogP contribution in [0.2, 0.25) is 0 Å². The summed E-state index contributed by atoms with van der Waals surface area (Å²) in [6.45, 7) is 6.24. The molecule has 0 aliphatic rings. The highest BCUT2D eigenvalue weighted by Gasteiger charge is 2.13. The molecule has 1 nitrogen and oxygen atoms in total. The minimum Gasteiger partial charge on any atom is -0.457 e. The molecule has 20 heavy (non-hydrogen) atoms. The molecule has 2 aromatic rings. The lowest BCUT2D eigenvalue weighted by atomic mass is 9.90. The van der Waals surface area contributed by atoms with E-state index in [9.17, 15) is 8.78 Å². The highest BCUT2D eigenvalue weighted by atomic mass is 19.1. The molecule has 2 aromatic carbocycles. The van der Waals surface area contributed by atoms with Crippen molar-refractivity contribution in [3.63, 3.8) is 0 Å². The summed E-state index contributed by atoms with van der Waals surface area (Å²) in [6.07, 6.45) is 0. The summed E-state index contributed by atoms with van der Waals surface area (Å²) in [5, 5.41) is 0. The van der Waals surface area contributed by atoms with Crippen molar-refractivity contribution < 1.29 is 13.5 Å². The fourth-order valence-electron chi connectivity index (χ4n) is 1.93. The lowest BCUT2D eigenvalue weighted by Crippen LogP contribution is -2.02. The predicted molar refractivity (Wildman–Crippen MR) is 76.1 cm³/mol. The maximum atomic E-state index is 13.7. The first kappa shape index (κ1) is 14.5. The van der Waals surface area contributed by atoms with Crippen molar-refractivity contribution >= 4 is 0 Å². The molecule has 0 radical (unpaired) electrons. The highest BCUT2D eigenvalue weighted by molar-refractivity contribution is 5.36. The van der Waals surface area contributed by atoms with E-state index in [0.29, 0.717) is 17.4 Å². The van der Waals surface area contributed by atoms with Crippen molar-refractivity contribution in [2.24, 2.45) is 5.92 Å². The molecule has 0 saturated carbocycles. The maximum absolute atomic E-state index is 13.7. The molecule has 3 heteroatoms. The molecule has 0 fully saturated rings. The number of hydrogen-bond acceptors (Lipinski definition) is 1. The Hall–Kier alpha value is -1.90. The van der Waals surface area contributed by atoms with Gasteiger partial charge in [0.2, 0.25) is 0 Å². The number of halogens is 2. The third kappa shape index (κ3) is 3.56. The SMILES string of the molecule is CC(C)C(C)c1cc(F)cc(Oc2ccc(F)cc2)c1. The molecule has 1 unspecified atom stereocenters. The average molecular weight is 276 g/mol. The Morgan fingerprint density at radius 1 is 0.800 bits per heavy atom. The van der Waals surface area contributed by atoms with E-state index in [1.807, 2.05) is 6.07 Å². The van der Waals surface area contributed by atoms with Gasteiger partial charge in [-0.3, -0.25) is 0 Å². The largest absolute Gasteiger partial charge is 0.457 e. The molecule has 0 saturated heterocycles. The van der Waals surface area contributed by atoms with Gasteiger partial charge < -0.3 is 4.74 Å². The van der Waals surface area contributed by atoms with Gasteiger partial charge in [0.1, 0.15) is 23.1 Å². The minimum absolute atomic E-state index is 0.237. The second kappa shape index (κ2) is 6.04. The number of ether oxygens (including phenoxy) is 1. The van der Waals surface area contributed by atoms with Gasteiger partial charge in [-0.1, -0.05) is 20.8 Å². The zero-order chi connectivity index (χ0) is 14.7. The molecular weight excluding hydrogens is 258 g/mol. The van der Waals surface area contributed by atoms with Crippen LogP contribution in [0.4, 0.5) is 8.78 Å². The Morgan fingerprint density at radius 2 is 1.45 bits per heavy atom. The van der Waals surface area contributed by atoms with Crippen LogP contribution in [0.3, 0.4) is 0 Å². The van der Waals surface area contributed by atoms with Crippen LogP contribution in [0.1, 0.15) is 32.3 Å². The van der Waals surface area contributed by atoms with Gasteiger partial charge >= 0.3 is 0 Å². The predicted octanol–water partition coefficient (Wildman–Crippen LogP) is 5.52. The minimum atomic E-state index is -0.328. The smallest absolute Gasteiger partial charge is 0.130 e. The van der Waals surface area contributed by atoms with Crippen LogP contribution in [-0.4, -0.2) is 0 Å². The first-order chi connectivity index (χ1) is 9.45. The molecule has 0 heterocycles. The Kier molecular flexibility index (Phi) is 4.38. The summed E-state index contributed by atoms with van der Waals surface area (Å²) in [5.41, 5.74) is 0.900. The van der Waals surface area contributed by atoms with Crippen LogP contribution in [0, 0.1) is 17.6 Å². The van der Waals surface area contributed by atoms with Gasteiger partial charge in [-0.25, -0.2) is 8.78 Å². The van der Waals surface area contributed by atoms with Crippen molar-refractivity contribution in [1.82, 2.24) is 0 Å². The molecule has 0 spiro atoms. The molecule has 0 bridgehead atoms. The van der Waals surface area contributed by atoms with Gasteiger partial charge in [-0.05, 0) is 53.8 Å². The normalized spacial score (nSPS) is 12.5. The van der Waals surface area contributed by atoms with Crippen LogP contribution < -0.4 is 4.74 Å². The quantitative estimate of drug-likeness (QED) is 0.714. The summed E-state index contributed by atoms with van der Waals surface area (Å²) < 4.78 is 32.1. The monoisotopic (exact) mass is 276 g/mol. The van der Waals surface area contributed by atoms with E-state index in [-0.39, 0.29) is 17.6 Å². The van der Waals surface area contributed by atoms with E-state index in [2.05, 4.69) is 20.8 Å². The zero-order valence-corrected chi connectivity index (χ0v) is 11.9. The van der Waals surface area contributed by atoms with Crippen LogP contribution >= 0.6 is 0 Å². The standard InChI is InChI=1S/C17H18F2O/c1-11(2)12(3)13-8-15(19)10-17(9-13)20-16-6-4-14(18)5-7-16/h4-12H,1-3H3. The van der Waals surface area contributed by atoms with Crippen LogP contribution in [0.25, 0.3) is 0 Å². The van der Waals surface area contributed by atoms with E-state index < -0.39 is 0 Å². The molecule has 0 aliphatic carbocycles. The molecule has 0 aliphatic heterocycles. The average Bonchev–Trinajstić information content (AvgIpc) is 2.40.